The number of hydrogen-bond acceptors (Lipinski definition) is 11. The van der Waals surface area contributed by atoms with Crippen LogP contribution in [0.5, 0.6) is 0 Å². The first-order valence-electron chi connectivity index (χ1n) is 36.1. The molecule has 2 aliphatic heterocycles. The summed E-state index contributed by atoms with van der Waals surface area (Å²) in [6.07, 6.45) is 32.1. The Morgan fingerprint density at radius 3 is 0.968 bits per heavy atom. The second-order valence-corrected chi connectivity index (χ2v) is 45.0. The van der Waals surface area contributed by atoms with Gasteiger partial charge in [0.2, 0.25) is 0 Å². The average molecular weight is 1450 g/mol. The molecule has 0 aliphatic carbocycles. The van der Waals surface area contributed by atoms with E-state index < -0.39 is 27.8 Å². The Labute approximate surface area is 594 Å². The number of aromatic nitrogens is 2. The highest BCUT2D eigenvalue weighted by Gasteiger charge is 2.50. The molecule has 0 bridgehead atoms. The minimum atomic E-state index is -2.36. The Bertz CT molecular complexity index is 3780. The first-order valence-corrected chi connectivity index (χ1v) is 48.2. The maximum atomic E-state index is 18.2. The number of hydrogen-bond donors (Lipinski definition) is 0. The van der Waals surface area contributed by atoms with E-state index in [0.717, 1.165) is 33.3 Å². The lowest BCUT2D eigenvalue weighted by atomic mass is 9.95. The molecule has 15 heteroatoms. The molecule has 11 heterocycles. The van der Waals surface area contributed by atoms with Crippen molar-refractivity contribution in [1.29, 1.82) is 0 Å². The Morgan fingerprint density at radius 1 is 0.333 bits per heavy atom. The van der Waals surface area contributed by atoms with E-state index in [1.54, 1.807) is 33.0 Å². The van der Waals surface area contributed by atoms with E-state index in [1.807, 2.05) is 68.0 Å². The minimum Gasteiger partial charge on any atom is -0.203 e. The maximum absolute atomic E-state index is 18.2. The monoisotopic (exact) mass is 1440 g/mol. The predicted octanol–water partition coefficient (Wildman–Crippen LogP) is 27.4. The Balaban J connectivity index is 0.917. The summed E-state index contributed by atoms with van der Waals surface area (Å²) in [5.74, 6) is -0.0318. The third-order valence-corrected chi connectivity index (χ3v) is 42.7. The van der Waals surface area contributed by atoms with Crippen LogP contribution in [0.2, 0.25) is 24.2 Å². The fourth-order valence-electron chi connectivity index (χ4n) is 15.5. The zero-order valence-corrected chi connectivity index (χ0v) is 66.0. The largest absolute Gasteiger partial charge is 0.203 e. The van der Waals surface area contributed by atoms with Crippen LogP contribution in [0.25, 0.3) is 90.4 Å². The van der Waals surface area contributed by atoms with Gasteiger partial charge in [0.15, 0.2) is 11.6 Å². The van der Waals surface area contributed by atoms with Crippen LogP contribution < -0.4 is 20.7 Å². The minimum absolute atomic E-state index is 0.308. The van der Waals surface area contributed by atoms with E-state index in [0.29, 0.717) is 22.2 Å². The molecule has 2 atom stereocenters. The van der Waals surface area contributed by atoms with Crippen molar-refractivity contribution >= 4 is 150 Å². The molecule has 0 radical (unpaired) electrons. The van der Waals surface area contributed by atoms with Gasteiger partial charge in [-0.15, -0.1) is 90.7 Å². The molecule has 2 aliphatic rings. The Morgan fingerprint density at radius 2 is 0.634 bits per heavy atom. The molecule has 2 nitrogen and oxygen atoms in total. The Hall–Kier alpha value is -3.07. The van der Waals surface area contributed by atoms with Crippen LogP contribution in [0.3, 0.4) is 0 Å². The topological polar surface area (TPSA) is 25.8 Å². The van der Waals surface area contributed by atoms with Crippen molar-refractivity contribution < 1.29 is 8.78 Å². The number of thiophene rings is 8. The van der Waals surface area contributed by atoms with Crippen molar-refractivity contribution in [3.8, 4) is 79.4 Å². The first kappa shape index (κ1) is 69.8. The van der Waals surface area contributed by atoms with E-state index in [1.165, 1.54) is 270 Å². The normalized spacial score (nSPS) is 14.4. The number of nitrogens with zero attached hydrogens (tertiary/aromatic N) is 2. The third-order valence-electron chi connectivity index (χ3n) is 20.9. The summed E-state index contributed by atoms with van der Waals surface area (Å²) in [5, 5.41) is 6.13. The van der Waals surface area contributed by atoms with Crippen LogP contribution in [-0.2, 0) is 12.8 Å². The summed E-state index contributed by atoms with van der Waals surface area (Å²) < 4.78 is 46.3. The second-order valence-electron chi connectivity index (χ2n) is 27.3. The number of fused-ring (bicyclic) bond motifs is 7. The average Bonchev–Trinajstić information content (AvgIpc) is 1.55. The summed E-state index contributed by atoms with van der Waals surface area (Å²) in [5.41, 5.74) is 1.64. The molecular weight excluding hydrogens is 1350 g/mol. The fourth-order valence-corrected chi connectivity index (χ4v) is 39.6. The van der Waals surface area contributed by atoms with Crippen molar-refractivity contribution in [3.63, 3.8) is 0 Å². The summed E-state index contributed by atoms with van der Waals surface area (Å²) in [6.45, 7) is 18.6. The van der Waals surface area contributed by atoms with E-state index in [2.05, 4.69) is 128 Å². The van der Waals surface area contributed by atoms with Gasteiger partial charge in [0, 0.05) is 78.0 Å². The second kappa shape index (κ2) is 32.3. The number of rotatable bonds is 38. The molecular formula is C78H98F2N2S9Si2. The zero-order chi connectivity index (χ0) is 64.6. The predicted molar refractivity (Wildman–Crippen MR) is 424 cm³/mol. The van der Waals surface area contributed by atoms with Gasteiger partial charge in [0.25, 0.3) is 0 Å². The third kappa shape index (κ3) is 14.5. The summed E-state index contributed by atoms with van der Waals surface area (Å²) in [7, 11) is -4.72. The van der Waals surface area contributed by atoms with Gasteiger partial charge in [-0.2, -0.15) is 8.75 Å². The van der Waals surface area contributed by atoms with Crippen molar-refractivity contribution in [1.82, 2.24) is 8.75 Å². The molecule has 496 valence electrons. The van der Waals surface area contributed by atoms with Gasteiger partial charge in [-0.25, -0.2) is 8.78 Å². The standard InChI is InChI=1S/C78H98F2N2S9Si2/c1-9-17-23-27-41-92(42-28-24-18-10-2)65-47-61(59-39-37-57(85-59)55-35-33-53(83-55)45-51(15-7)31-21-13-5)87-75(65)77-67(92)49-63(89-77)69-71(79)72(80)70(74-73(69)81-91-82-74)64-50-68-78(90-64)76-66(93(68,43-29-25-19-11-3)44-30-26-20-12-4)48-62(88-76)60-40-38-58(86-60)56-36-34-54(84-56)46-52(16-8)32-22-14-6/h33-40,47-52H,9-32,41-46H2,1-8H3. The van der Waals surface area contributed by atoms with Crippen LogP contribution in [-0.4, -0.2) is 24.9 Å². The van der Waals surface area contributed by atoms with E-state index >= 15 is 8.78 Å². The molecule has 0 saturated carbocycles. The quantitative estimate of drug-likeness (QED) is 0.0285. The maximum Gasteiger partial charge on any atom is 0.170 e. The molecule has 0 spiro atoms. The van der Waals surface area contributed by atoms with Gasteiger partial charge in [-0.1, -0.05) is 209 Å². The highest BCUT2D eigenvalue weighted by atomic mass is 32.1. The summed E-state index contributed by atoms with van der Waals surface area (Å²) >= 11 is 16.3. The lowest BCUT2D eigenvalue weighted by Gasteiger charge is -2.29. The van der Waals surface area contributed by atoms with Gasteiger partial charge < -0.3 is 0 Å². The molecule has 1 aromatic carbocycles. The van der Waals surface area contributed by atoms with Crippen molar-refractivity contribution in [2.75, 3.05) is 0 Å². The molecule has 0 fully saturated rings. The molecule has 12 rings (SSSR count). The molecule has 9 aromatic heterocycles. The van der Waals surface area contributed by atoms with Gasteiger partial charge in [-0.05, 0) is 142 Å². The van der Waals surface area contributed by atoms with Gasteiger partial charge in [0.05, 0.1) is 22.9 Å². The van der Waals surface area contributed by atoms with Crippen LogP contribution in [0.15, 0.2) is 72.8 Å². The highest BCUT2D eigenvalue weighted by Crippen LogP contribution is 2.54. The molecule has 0 N–H and O–H groups in total. The van der Waals surface area contributed by atoms with Gasteiger partial charge >= 0.3 is 0 Å². The zero-order valence-electron chi connectivity index (χ0n) is 56.6. The lowest BCUT2D eigenvalue weighted by Crippen LogP contribution is -2.54. The molecule has 10 aromatic rings. The van der Waals surface area contributed by atoms with Crippen molar-refractivity contribution in [3.05, 3.63) is 94.2 Å². The molecule has 0 saturated heterocycles. The van der Waals surface area contributed by atoms with Crippen LogP contribution >= 0.6 is 102 Å². The van der Waals surface area contributed by atoms with Crippen molar-refractivity contribution in [2.24, 2.45) is 11.8 Å². The van der Waals surface area contributed by atoms with E-state index in [-0.39, 0.29) is 0 Å². The van der Waals surface area contributed by atoms with Crippen molar-refractivity contribution in [2.45, 2.75) is 247 Å². The highest BCUT2D eigenvalue weighted by molar-refractivity contribution is 7.34. The van der Waals surface area contributed by atoms with Crippen LogP contribution in [0, 0.1) is 23.5 Å². The van der Waals surface area contributed by atoms with E-state index in [4.69, 9.17) is 8.75 Å². The van der Waals surface area contributed by atoms with Crippen LogP contribution in [0.1, 0.15) is 219 Å². The Kier molecular flexibility index (Phi) is 24.2. The van der Waals surface area contributed by atoms with E-state index in [9.17, 15) is 0 Å². The van der Waals surface area contributed by atoms with Gasteiger partial charge in [-0.3, -0.25) is 0 Å². The molecule has 0 amide bonds. The summed E-state index contributed by atoms with van der Waals surface area (Å²) in [6, 6.07) is 33.7. The van der Waals surface area contributed by atoms with Gasteiger partial charge in [0.1, 0.15) is 27.2 Å². The smallest absolute Gasteiger partial charge is 0.170 e. The summed E-state index contributed by atoms with van der Waals surface area (Å²) in [4.78, 5) is 20.9. The number of benzene rings is 1. The lowest BCUT2D eigenvalue weighted by molar-refractivity contribution is 0.452. The first-order chi connectivity index (χ1) is 45.5. The SMILES string of the molecule is CCCCCC[Si]1(CCCCCC)c2cc(-c3ccc(-c4ccc(CC(CC)CCCC)s4)s3)sc2-c2sc(-c3c(F)c(F)c(-c4cc5c(s4)-c4sc(-c6ccc(-c7ccc(CC(CC)CCCC)s7)s6)cc4[Si]5(CCCCCC)CCCCCC)c4nsnc34)cc21. The number of halogens is 2. The molecule has 93 heavy (non-hydrogen) atoms. The number of unbranched alkanes of at least 4 members (excludes halogenated alkanes) is 14. The fraction of sp³-hybridized carbons (Fsp3) is 0.513. The molecule has 2 unspecified atom stereocenters. The van der Waals surface area contributed by atoms with Crippen LogP contribution in [0.4, 0.5) is 8.78 Å².